The number of amides is 1. The van der Waals surface area contributed by atoms with Gasteiger partial charge in [0.1, 0.15) is 6.61 Å². The van der Waals surface area contributed by atoms with Crippen LogP contribution in [0.2, 0.25) is 0 Å². The molecule has 0 saturated heterocycles. The van der Waals surface area contributed by atoms with Gasteiger partial charge in [-0.3, -0.25) is 14.9 Å². The van der Waals surface area contributed by atoms with Gasteiger partial charge >= 0.3 is 0 Å². The van der Waals surface area contributed by atoms with Crippen molar-refractivity contribution in [3.8, 4) is 11.5 Å². The summed E-state index contributed by atoms with van der Waals surface area (Å²) in [4.78, 5) is 16.7. The molecule has 9 heteroatoms. The number of rotatable bonds is 9. The van der Waals surface area contributed by atoms with Crippen LogP contribution < -0.4 is 14.8 Å². The molecule has 1 amide bonds. The van der Waals surface area contributed by atoms with Crippen molar-refractivity contribution in [1.82, 2.24) is 25.1 Å². The van der Waals surface area contributed by atoms with E-state index in [1.807, 2.05) is 30.5 Å². The van der Waals surface area contributed by atoms with E-state index in [-0.39, 0.29) is 12.5 Å². The highest BCUT2D eigenvalue weighted by atomic mass is 32.1. The molecule has 29 heavy (non-hydrogen) atoms. The molecule has 152 valence electrons. The lowest BCUT2D eigenvalue weighted by atomic mass is 10.2. The van der Waals surface area contributed by atoms with Crippen LogP contribution in [0.5, 0.6) is 11.5 Å². The molecule has 2 heterocycles. The smallest absolute Gasteiger partial charge is 0.251 e. The van der Waals surface area contributed by atoms with Crippen molar-refractivity contribution in [1.29, 1.82) is 0 Å². The summed E-state index contributed by atoms with van der Waals surface area (Å²) in [5, 5.41) is 9.74. The molecular weight excluding hydrogens is 390 g/mol. The second-order valence-corrected chi connectivity index (χ2v) is 6.50. The first-order valence-electron chi connectivity index (χ1n) is 9.33. The average molecular weight is 414 g/mol. The zero-order valence-corrected chi connectivity index (χ0v) is 17.2. The molecule has 0 fully saturated rings. The van der Waals surface area contributed by atoms with Gasteiger partial charge in [0.2, 0.25) is 0 Å². The van der Waals surface area contributed by atoms with Crippen LogP contribution in [0, 0.1) is 4.77 Å². The number of H-pyrrole nitrogens is 1. The monoisotopic (exact) mass is 413 g/mol. The highest BCUT2D eigenvalue weighted by Crippen LogP contribution is 2.29. The maximum atomic E-state index is 12.6. The van der Waals surface area contributed by atoms with Crippen LogP contribution in [0.1, 0.15) is 35.6 Å². The lowest BCUT2D eigenvalue weighted by molar-refractivity contribution is 0.0949. The van der Waals surface area contributed by atoms with Crippen molar-refractivity contribution in [2.24, 2.45) is 0 Å². The predicted molar refractivity (Wildman–Crippen MR) is 110 cm³/mol. The number of carbonyl (C=O) groups excluding carboxylic acids is 1. The third kappa shape index (κ3) is 5.20. The second-order valence-electron chi connectivity index (χ2n) is 6.12. The van der Waals surface area contributed by atoms with Gasteiger partial charge in [0.15, 0.2) is 22.1 Å². The molecule has 2 aromatic heterocycles. The number of nitrogens with one attached hydrogen (secondary N) is 2. The normalized spacial score (nSPS) is 10.6. The van der Waals surface area contributed by atoms with Crippen molar-refractivity contribution in [3.63, 3.8) is 0 Å². The van der Waals surface area contributed by atoms with E-state index in [1.54, 1.807) is 30.6 Å². The van der Waals surface area contributed by atoms with E-state index in [1.165, 1.54) is 0 Å². The number of nitrogens with zero attached hydrogens (tertiary/aromatic N) is 3. The zero-order valence-electron chi connectivity index (χ0n) is 16.3. The minimum Gasteiger partial charge on any atom is -0.490 e. The zero-order chi connectivity index (χ0) is 20.6. The Morgan fingerprint density at radius 3 is 2.83 bits per heavy atom. The van der Waals surface area contributed by atoms with Gasteiger partial charge in [-0.15, -0.1) is 0 Å². The van der Waals surface area contributed by atoms with Crippen LogP contribution in [0.15, 0.2) is 42.7 Å². The number of ether oxygens (including phenoxy) is 2. The highest BCUT2D eigenvalue weighted by Gasteiger charge is 2.13. The number of aromatic amines is 1. The quantitative estimate of drug-likeness (QED) is 0.523. The summed E-state index contributed by atoms with van der Waals surface area (Å²) in [5.74, 6) is 1.52. The van der Waals surface area contributed by atoms with Crippen LogP contribution in [0.3, 0.4) is 0 Å². The molecule has 0 aliphatic rings. The summed E-state index contributed by atoms with van der Waals surface area (Å²) >= 11 is 5.16. The molecule has 0 aliphatic heterocycles. The fourth-order valence-corrected chi connectivity index (χ4v) is 3.03. The van der Waals surface area contributed by atoms with Crippen LogP contribution in [-0.2, 0) is 19.7 Å². The Morgan fingerprint density at radius 1 is 1.24 bits per heavy atom. The van der Waals surface area contributed by atoms with Gasteiger partial charge in [-0.25, -0.2) is 0 Å². The van der Waals surface area contributed by atoms with Gasteiger partial charge in [-0.05, 0) is 50.3 Å². The van der Waals surface area contributed by atoms with Crippen LogP contribution in [0.4, 0.5) is 0 Å². The van der Waals surface area contributed by atoms with Crippen molar-refractivity contribution in [2.45, 2.75) is 33.5 Å². The largest absolute Gasteiger partial charge is 0.490 e. The summed E-state index contributed by atoms with van der Waals surface area (Å²) in [5.41, 5.74) is 1.42. The van der Waals surface area contributed by atoms with Gasteiger partial charge in [-0.1, -0.05) is 6.07 Å². The average Bonchev–Trinajstić information content (AvgIpc) is 3.11. The Morgan fingerprint density at radius 2 is 2.10 bits per heavy atom. The van der Waals surface area contributed by atoms with Gasteiger partial charge in [-0.2, -0.15) is 5.10 Å². The van der Waals surface area contributed by atoms with Crippen LogP contribution >= 0.6 is 12.2 Å². The summed E-state index contributed by atoms with van der Waals surface area (Å²) in [6.07, 6.45) is 3.46. The Labute approximate surface area is 173 Å². The fourth-order valence-electron chi connectivity index (χ4n) is 2.75. The Kier molecular flexibility index (Phi) is 6.96. The lowest BCUT2D eigenvalue weighted by Gasteiger charge is -2.13. The van der Waals surface area contributed by atoms with Crippen molar-refractivity contribution in [2.75, 3.05) is 6.61 Å². The van der Waals surface area contributed by atoms with Gasteiger partial charge in [0.25, 0.3) is 5.91 Å². The first-order chi connectivity index (χ1) is 14.1. The number of benzene rings is 1. The molecule has 0 radical (unpaired) electrons. The predicted octanol–water partition coefficient (Wildman–Crippen LogP) is 3.26. The molecule has 0 saturated carbocycles. The molecule has 3 rings (SSSR count). The molecule has 3 aromatic rings. The van der Waals surface area contributed by atoms with E-state index in [0.717, 1.165) is 5.56 Å². The fraction of sp³-hybridized carbons (Fsp3) is 0.300. The van der Waals surface area contributed by atoms with E-state index >= 15 is 0 Å². The summed E-state index contributed by atoms with van der Waals surface area (Å²) in [6, 6.07) is 8.90. The third-order valence-corrected chi connectivity index (χ3v) is 4.50. The minimum atomic E-state index is -0.235. The number of hydrogen-bond acceptors (Lipinski definition) is 6. The maximum absolute atomic E-state index is 12.6. The van der Waals surface area contributed by atoms with E-state index in [2.05, 4.69) is 20.5 Å². The first kappa shape index (κ1) is 20.5. The number of pyridine rings is 1. The van der Waals surface area contributed by atoms with Gasteiger partial charge in [0.05, 0.1) is 13.2 Å². The van der Waals surface area contributed by atoms with Crippen molar-refractivity contribution < 1.29 is 14.3 Å². The SMILES string of the molecule is CCOc1cc(C(=O)NCc2n[nH]c(=S)n2CC)ccc1OCc1cccnc1. The molecule has 1 aromatic carbocycles. The van der Waals surface area contributed by atoms with Gasteiger partial charge in [0, 0.05) is 30.1 Å². The Bertz CT molecular complexity index is 1020. The summed E-state index contributed by atoms with van der Waals surface area (Å²) in [7, 11) is 0. The number of carbonyl (C=O) groups is 1. The minimum absolute atomic E-state index is 0.235. The molecule has 0 bridgehead atoms. The summed E-state index contributed by atoms with van der Waals surface area (Å²) in [6.45, 7) is 5.61. The topological polar surface area (TPSA) is 94.1 Å². The standard InChI is InChI=1S/C20H23N5O3S/c1-3-25-18(23-24-20(25)29)12-22-19(26)15-7-8-16(17(10-15)27-4-2)28-13-14-6-5-9-21-11-14/h5-11H,3-4,12-13H2,1-2H3,(H,22,26)(H,24,29). The van der Waals surface area contributed by atoms with Crippen molar-refractivity contribution >= 4 is 18.1 Å². The van der Waals surface area contributed by atoms with E-state index in [9.17, 15) is 4.79 Å². The van der Waals surface area contributed by atoms with E-state index in [4.69, 9.17) is 21.7 Å². The third-order valence-electron chi connectivity index (χ3n) is 4.18. The lowest BCUT2D eigenvalue weighted by Crippen LogP contribution is -2.24. The molecular formula is C20H23N5O3S. The maximum Gasteiger partial charge on any atom is 0.251 e. The van der Waals surface area contributed by atoms with E-state index < -0.39 is 0 Å². The molecule has 0 atom stereocenters. The van der Waals surface area contributed by atoms with Crippen LogP contribution in [-0.4, -0.2) is 32.3 Å². The molecule has 0 aliphatic carbocycles. The highest BCUT2D eigenvalue weighted by molar-refractivity contribution is 7.71. The molecule has 2 N–H and O–H groups in total. The Balaban J connectivity index is 1.69. The number of aromatic nitrogens is 4. The Hall–Kier alpha value is -3.20. The van der Waals surface area contributed by atoms with Crippen molar-refractivity contribution in [3.05, 3.63) is 64.4 Å². The number of hydrogen-bond donors (Lipinski definition) is 2. The molecule has 0 spiro atoms. The second kappa shape index (κ2) is 9.83. The summed E-state index contributed by atoms with van der Waals surface area (Å²) < 4.78 is 13.9. The molecule has 0 unspecified atom stereocenters. The van der Waals surface area contributed by atoms with Crippen LogP contribution in [0.25, 0.3) is 0 Å². The first-order valence-corrected chi connectivity index (χ1v) is 9.74. The van der Waals surface area contributed by atoms with Gasteiger partial charge < -0.3 is 19.4 Å². The van der Waals surface area contributed by atoms with E-state index in [0.29, 0.717) is 47.4 Å². The molecule has 8 nitrogen and oxygen atoms in total.